The second-order valence-corrected chi connectivity index (χ2v) is 3.01. The molecular formula is C10H12N2. The maximum atomic E-state index is 4.15. The second-order valence-electron chi connectivity index (χ2n) is 3.01. The first-order valence-corrected chi connectivity index (χ1v) is 4.22. The molecule has 0 radical (unpaired) electrons. The molecule has 0 spiro atoms. The van der Waals surface area contributed by atoms with Gasteiger partial charge >= 0.3 is 0 Å². The lowest BCUT2D eigenvalue weighted by molar-refractivity contribution is 0.383. The molecule has 1 N–H and O–H groups in total. The van der Waals surface area contributed by atoms with Crippen molar-refractivity contribution in [2.45, 2.75) is 12.5 Å². The summed E-state index contributed by atoms with van der Waals surface area (Å²) in [4.78, 5) is 4.15. The van der Waals surface area contributed by atoms with Crippen LogP contribution < -0.4 is 5.32 Å². The predicted molar refractivity (Wildman–Crippen MR) is 49.7 cm³/mol. The van der Waals surface area contributed by atoms with E-state index in [9.17, 15) is 0 Å². The van der Waals surface area contributed by atoms with Gasteiger partial charge in [-0.25, -0.2) is 0 Å². The summed E-state index contributed by atoms with van der Waals surface area (Å²) in [6.07, 6.45) is 4.86. The number of rotatable bonds is 2. The third kappa shape index (κ3) is 1.25. The van der Waals surface area contributed by atoms with Gasteiger partial charge in [0.05, 0.1) is 5.69 Å². The molecule has 1 saturated heterocycles. The smallest absolute Gasteiger partial charge is 0.0627 e. The van der Waals surface area contributed by atoms with E-state index in [1.165, 1.54) is 12.0 Å². The van der Waals surface area contributed by atoms with Crippen molar-refractivity contribution in [2.75, 3.05) is 6.54 Å². The Morgan fingerprint density at radius 1 is 1.67 bits per heavy atom. The summed E-state index contributed by atoms with van der Waals surface area (Å²) in [5, 5.41) is 3.35. The first-order valence-electron chi connectivity index (χ1n) is 4.22. The highest BCUT2D eigenvalue weighted by Crippen LogP contribution is 2.22. The van der Waals surface area contributed by atoms with Crippen molar-refractivity contribution in [1.82, 2.24) is 10.3 Å². The zero-order valence-corrected chi connectivity index (χ0v) is 6.96. The van der Waals surface area contributed by atoms with Gasteiger partial charge in [0, 0.05) is 12.2 Å². The summed E-state index contributed by atoms with van der Waals surface area (Å²) in [5.74, 6) is 0. The molecule has 0 aromatic carbocycles. The van der Waals surface area contributed by atoms with Crippen molar-refractivity contribution in [3.63, 3.8) is 0 Å². The summed E-state index contributed by atoms with van der Waals surface area (Å²) in [6.45, 7) is 4.83. The first-order chi connectivity index (χ1) is 5.90. The zero-order chi connectivity index (χ0) is 8.39. The van der Waals surface area contributed by atoms with Crippen LogP contribution in [-0.2, 0) is 0 Å². The molecule has 1 unspecified atom stereocenters. The summed E-state index contributed by atoms with van der Waals surface area (Å²) >= 11 is 0. The van der Waals surface area contributed by atoms with Crippen LogP contribution in [0.4, 0.5) is 0 Å². The average molecular weight is 160 g/mol. The SMILES string of the molecule is C=Cc1cc(C2CCN2)ccn1. The monoisotopic (exact) mass is 160 g/mol. The van der Waals surface area contributed by atoms with E-state index in [4.69, 9.17) is 0 Å². The predicted octanol–water partition coefficient (Wildman–Crippen LogP) is 1.76. The van der Waals surface area contributed by atoms with Crippen LogP contribution in [0.3, 0.4) is 0 Å². The molecule has 1 fully saturated rings. The Balaban J connectivity index is 2.25. The van der Waals surface area contributed by atoms with E-state index in [2.05, 4.69) is 29.0 Å². The molecule has 0 amide bonds. The molecule has 12 heavy (non-hydrogen) atoms. The molecule has 2 heteroatoms. The van der Waals surface area contributed by atoms with Gasteiger partial charge in [-0.2, -0.15) is 0 Å². The molecule has 1 aromatic rings. The molecule has 1 aliphatic heterocycles. The summed E-state index contributed by atoms with van der Waals surface area (Å²) in [6, 6.07) is 4.69. The largest absolute Gasteiger partial charge is 0.310 e. The lowest BCUT2D eigenvalue weighted by Gasteiger charge is -2.27. The van der Waals surface area contributed by atoms with Gasteiger partial charge in [0.25, 0.3) is 0 Å². The van der Waals surface area contributed by atoms with E-state index in [1.54, 1.807) is 6.08 Å². The highest BCUT2D eigenvalue weighted by atomic mass is 15.0. The number of nitrogens with zero attached hydrogens (tertiary/aromatic N) is 1. The Hall–Kier alpha value is -1.15. The van der Waals surface area contributed by atoms with Gasteiger partial charge < -0.3 is 5.32 Å². The third-order valence-electron chi connectivity index (χ3n) is 2.24. The van der Waals surface area contributed by atoms with Crippen molar-refractivity contribution in [1.29, 1.82) is 0 Å². The normalized spacial score (nSPS) is 21.5. The van der Waals surface area contributed by atoms with E-state index >= 15 is 0 Å². The Bertz CT molecular complexity index is 290. The van der Waals surface area contributed by atoms with E-state index < -0.39 is 0 Å². The van der Waals surface area contributed by atoms with Crippen LogP contribution in [0.2, 0.25) is 0 Å². The molecule has 1 aromatic heterocycles. The second kappa shape index (κ2) is 3.07. The van der Waals surface area contributed by atoms with Crippen LogP contribution in [0.1, 0.15) is 23.7 Å². The molecule has 1 aliphatic rings. The van der Waals surface area contributed by atoms with Crippen LogP contribution in [0.25, 0.3) is 6.08 Å². The zero-order valence-electron chi connectivity index (χ0n) is 6.96. The fraction of sp³-hybridized carbons (Fsp3) is 0.300. The fourth-order valence-corrected chi connectivity index (χ4v) is 1.37. The molecule has 2 heterocycles. The van der Waals surface area contributed by atoms with Crippen molar-refractivity contribution in [2.24, 2.45) is 0 Å². The maximum Gasteiger partial charge on any atom is 0.0627 e. The van der Waals surface area contributed by atoms with Crippen molar-refractivity contribution >= 4 is 6.08 Å². The van der Waals surface area contributed by atoms with Crippen LogP contribution in [0, 0.1) is 0 Å². The van der Waals surface area contributed by atoms with Crippen LogP contribution in [0.5, 0.6) is 0 Å². The van der Waals surface area contributed by atoms with Crippen LogP contribution in [-0.4, -0.2) is 11.5 Å². The van der Waals surface area contributed by atoms with Gasteiger partial charge in [0.1, 0.15) is 0 Å². The molecule has 62 valence electrons. The van der Waals surface area contributed by atoms with E-state index in [1.807, 2.05) is 6.20 Å². The summed E-state index contributed by atoms with van der Waals surface area (Å²) in [5.41, 5.74) is 2.28. The third-order valence-corrected chi connectivity index (χ3v) is 2.24. The Kier molecular flexibility index (Phi) is 1.92. The summed E-state index contributed by atoms with van der Waals surface area (Å²) in [7, 11) is 0. The van der Waals surface area contributed by atoms with Gasteiger partial charge in [-0.05, 0) is 36.7 Å². The van der Waals surface area contributed by atoms with E-state index in [-0.39, 0.29) is 0 Å². The van der Waals surface area contributed by atoms with Gasteiger partial charge in [-0.15, -0.1) is 0 Å². The molecule has 1 atom stereocenters. The lowest BCUT2D eigenvalue weighted by atomic mass is 9.98. The van der Waals surface area contributed by atoms with Gasteiger partial charge in [-0.3, -0.25) is 4.98 Å². The van der Waals surface area contributed by atoms with Crippen molar-refractivity contribution in [3.05, 3.63) is 36.2 Å². The van der Waals surface area contributed by atoms with Gasteiger partial charge in [0.15, 0.2) is 0 Å². The number of hydrogen-bond donors (Lipinski definition) is 1. The molecule has 0 saturated carbocycles. The molecule has 0 bridgehead atoms. The molecular weight excluding hydrogens is 148 g/mol. The number of pyridine rings is 1. The first kappa shape index (κ1) is 7.50. The summed E-state index contributed by atoms with van der Waals surface area (Å²) < 4.78 is 0. The fourth-order valence-electron chi connectivity index (χ4n) is 1.37. The molecule has 2 rings (SSSR count). The highest BCUT2D eigenvalue weighted by molar-refractivity contribution is 5.43. The highest BCUT2D eigenvalue weighted by Gasteiger charge is 2.17. The number of nitrogens with one attached hydrogen (secondary N) is 1. The Morgan fingerprint density at radius 2 is 2.50 bits per heavy atom. The quantitative estimate of drug-likeness (QED) is 0.713. The standard InChI is InChI=1S/C10H12N2/c1-2-9-7-8(3-5-11-9)10-4-6-12-10/h2-3,5,7,10,12H,1,4,6H2. The van der Waals surface area contributed by atoms with Crippen LogP contribution >= 0.6 is 0 Å². The minimum absolute atomic E-state index is 0.548. The molecule has 2 nitrogen and oxygen atoms in total. The molecule has 0 aliphatic carbocycles. The van der Waals surface area contributed by atoms with Crippen LogP contribution in [0.15, 0.2) is 24.9 Å². The van der Waals surface area contributed by atoms with Crippen molar-refractivity contribution in [3.8, 4) is 0 Å². The maximum absolute atomic E-state index is 4.15. The van der Waals surface area contributed by atoms with Gasteiger partial charge in [0.2, 0.25) is 0 Å². The number of aromatic nitrogens is 1. The Morgan fingerprint density at radius 3 is 3.08 bits per heavy atom. The topological polar surface area (TPSA) is 24.9 Å². The van der Waals surface area contributed by atoms with E-state index in [0.29, 0.717) is 6.04 Å². The minimum Gasteiger partial charge on any atom is -0.310 e. The average Bonchev–Trinajstić information content (AvgIpc) is 2.02. The van der Waals surface area contributed by atoms with Gasteiger partial charge in [-0.1, -0.05) is 6.58 Å². The van der Waals surface area contributed by atoms with E-state index in [0.717, 1.165) is 12.2 Å². The minimum atomic E-state index is 0.548. The lowest BCUT2D eigenvalue weighted by Crippen LogP contribution is -2.34. The van der Waals surface area contributed by atoms with Crippen molar-refractivity contribution < 1.29 is 0 Å². The Labute approximate surface area is 72.3 Å². The number of hydrogen-bond acceptors (Lipinski definition) is 2.